The molecule has 0 fully saturated rings. The van der Waals surface area contributed by atoms with E-state index in [2.05, 4.69) is 17.0 Å². The number of halogens is 3. The molecule has 0 unspecified atom stereocenters. The Balaban J connectivity index is 0. The van der Waals surface area contributed by atoms with Gasteiger partial charge in [0.05, 0.1) is 0 Å². The maximum absolute atomic E-state index is 11.5. The van der Waals surface area contributed by atoms with Crippen molar-refractivity contribution in [3.8, 4) is 0 Å². The van der Waals surface area contributed by atoms with Gasteiger partial charge in [-0.1, -0.05) is 0 Å². The average molecular weight is 286 g/mol. The summed E-state index contributed by atoms with van der Waals surface area (Å²) < 4.78 is 38.4. The maximum Gasteiger partial charge on any atom is 0.490 e. The van der Waals surface area contributed by atoms with Crippen LogP contribution >= 0.6 is 0 Å². The number of nitrogens with one attached hydrogen (secondary N) is 1. The number of ether oxygens (including phenoxy) is 1. The van der Waals surface area contributed by atoms with Gasteiger partial charge in [0.25, 0.3) is 0 Å². The zero-order valence-corrected chi connectivity index (χ0v) is 10.3. The molecule has 0 aromatic heterocycles. The quantitative estimate of drug-likeness (QED) is 0.460. The summed E-state index contributed by atoms with van der Waals surface area (Å²) in [5.74, 6) is -2.17. The van der Waals surface area contributed by atoms with Crippen LogP contribution in [0.2, 0.25) is 0 Å². The first-order valence-electron chi connectivity index (χ1n) is 3.54. The fraction of sp³-hybridized carbons (Fsp3) is 0.571. The molecule has 0 heterocycles. The third kappa shape index (κ3) is 8.90. The predicted octanol–water partition coefficient (Wildman–Crippen LogP) is 0.717. The molecule has 0 atom stereocenters. The Kier molecular flexibility index (Phi) is 10.3. The SMILES string of the molecule is [CH2-]CNC[CH-]COC(=O)C(F)(F)F.[Y]. The smallest absolute Gasteiger partial charge is 0.490 e. The molecular weight excluding hydrogens is 276 g/mol. The second-order valence-electron chi connectivity index (χ2n) is 2.09. The van der Waals surface area contributed by atoms with Crippen molar-refractivity contribution in [2.45, 2.75) is 6.18 Å². The molecule has 0 aliphatic heterocycles. The summed E-state index contributed by atoms with van der Waals surface area (Å²) in [5.41, 5.74) is 0. The molecule has 0 aromatic carbocycles. The molecule has 0 aromatic rings. The van der Waals surface area contributed by atoms with Crippen molar-refractivity contribution in [2.24, 2.45) is 0 Å². The van der Waals surface area contributed by atoms with E-state index in [0.29, 0.717) is 13.1 Å². The van der Waals surface area contributed by atoms with Crippen molar-refractivity contribution in [2.75, 3.05) is 19.7 Å². The molecule has 0 spiro atoms. The summed E-state index contributed by atoms with van der Waals surface area (Å²) in [6, 6.07) is 0. The molecule has 7 heteroatoms. The van der Waals surface area contributed by atoms with Gasteiger partial charge in [0.1, 0.15) is 0 Å². The molecule has 81 valence electrons. The van der Waals surface area contributed by atoms with Gasteiger partial charge in [-0.05, 0) is 6.61 Å². The number of alkyl halides is 3. The van der Waals surface area contributed by atoms with Crippen LogP contribution in [0.3, 0.4) is 0 Å². The Morgan fingerprint density at radius 2 is 2.07 bits per heavy atom. The predicted molar refractivity (Wildman–Crippen MR) is 39.5 cm³/mol. The van der Waals surface area contributed by atoms with Crippen LogP contribution in [0.5, 0.6) is 0 Å². The van der Waals surface area contributed by atoms with E-state index in [0.717, 1.165) is 0 Å². The van der Waals surface area contributed by atoms with Gasteiger partial charge in [-0.3, -0.25) is 6.42 Å². The number of rotatable bonds is 5. The van der Waals surface area contributed by atoms with Crippen LogP contribution in [0.25, 0.3) is 0 Å². The Hall–Kier alpha value is 0.324. The van der Waals surface area contributed by atoms with E-state index < -0.39 is 12.1 Å². The first-order valence-corrected chi connectivity index (χ1v) is 3.54. The molecule has 1 N–H and O–H groups in total. The van der Waals surface area contributed by atoms with Crippen LogP contribution < -0.4 is 5.32 Å². The second kappa shape index (κ2) is 8.62. The second-order valence-corrected chi connectivity index (χ2v) is 2.09. The number of hydrogen-bond donors (Lipinski definition) is 1. The van der Waals surface area contributed by atoms with Crippen LogP contribution in [0.4, 0.5) is 13.2 Å². The molecule has 0 aliphatic carbocycles. The van der Waals surface area contributed by atoms with Gasteiger partial charge in [0.2, 0.25) is 0 Å². The summed E-state index contributed by atoms with van der Waals surface area (Å²) in [6.07, 6.45) is -3.54. The monoisotopic (exact) mass is 286 g/mol. The van der Waals surface area contributed by atoms with E-state index in [9.17, 15) is 18.0 Å². The minimum absolute atomic E-state index is 0. The first-order chi connectivity index (χ1) is 5.98. The summed E-state index contributed by atoms with van der Waals surface area (Å²) in [6.45, 7) is 3.90. The van der Waals surface area contributed by atoms with Gasteiger partial charge in [0.15, 0.2) is 0 Å². The normalized spacial score (nSPS) is 10.6. The van der Waals surface area contributed by atoms with Gasteiger partial charge < -0.3 is 17.0 Å². The third-order valence-corrected chi connectivity index (χ3v) is 1.03. The Morgan fingerprint density at radius 1 is 1.50 bits per heavy atom. The summed E-state index contributed by atoms with van der Waals surface area (Å²) in [4.78, 5) is 10.1. The molecular formula is C7H10F3NO2Y-2. The fourth-order valence-electron chi connectivity index (χ4n) is 0.479. The molecule has 0 bridgehead atoms. The molecule has 0 rings (SSSR count). The number of carbonyl (C=O) groups excluding carboxylic acids is 1. The van der Waals surface area contributed by atoms with Gasteiger partial charge >= 0.3 is 12.1 Å². The number of esters is 1. The molecule has 0 aliphatic rings. The largest absolute Gasteiger partial charge is 0.492 e. The zero-order chi connectivity index (χ0) is 10.3. The molecule has 1 radical (unpaired) electrons. The van der Waals surface area contributed by atoms with Crippen molar-refractivity contribution in [3.05, 3.63) is 13.3 Å². The van der Waals surface area contributed by atoms with E-state index in [1.165, 1.54) is 6.42 Å². The Morgan fingerprint density at radius 3 is 2.50 bits per heavy atom. The van der Waals surface area contributed by atoms with Crippen molar-refractivity contribution >= 4 is 5.97 Å². The van der Waals surface area contributed by atoms with Crippen LogP contribution in [0, 0.1) is 13.3 Å². The number of hydrogen-bond acceptors (Lipinski definition) is 3. The minimum atomic E-state index is -4.91. The zero-order valence-electron chi connectivity index (χ0n) is 7.43. The standard InChI is InChI=1S/C7H10F3NO2.Y/c1-2-11-4-3-5-13-6(12)7(8,9)10;/h3,11H,1-2,4-5H2;/q-2;. The number of carbonyl (C=O) groups is 1. The Bertz CT molecular complexity index is 164. The van der Waals surface area contributed by atoms with Crippen LogP contribution in [0.1, 0.15) is 0 Å². The van der Waals surface area contributed by atoms with Gasteiger partial charge in [-0.25, -0.2) is 4.79 Å². The molecule has 14 heavy (non-hydrogen) atoms. The average Bonchev–Trinajstić information content (AvgIpc) is 2.02. The van der Waals surface area contributed by atoms with Crippen LogP contribution in [-0.4, -0.2) is 31.8 Å². The van der Waals surface area contributed by atoms with E-state index in [-0.39, 0.29) is 39.3 Å². The van der Waals surface area contributed by atoms with Crippen LogP contribution in [-0.2, 0) is 42.2 Å². The summed E-state index contributed by atoms with van der Waals surface area (Å²) in [7, 11) is 0. The summed E-state index contributed by atoms with van der Waals surface area (Å²) >= 11 is 0. The topological polar surface area (TPSA) is 38.3 Å². The van der Waals surface area contributed by atoms with Gasteiger partial charge in [0, 0.05) is 32.7 Å². The van der Waals surface area contributed by atoms with Gasteiger partial charge in [-0.15, -0.1) is 13.1 Å². The van der Waals surface area contributed by atoms with E-state index in [4.69, 9.17) is 0 Å². The fourth-order valence-corrected chi connectivity index (χ4v) is 0.479. The molecule has 3 nitrogen and oxygen atoms in total. The minimum Gasteiger partial charge on any atom is -0.492 e. The van der Waals surface area contributed by atoms with E-state index in [1.54, 1.807) is 0 Å². The molecule has 0 amide bonds. The molecule has 0 saturated carbocycles. The van der Waals surface area contributed by atoms with E-state index in [1.807, 2.05) is 0 Å². The maximum atomic E-state index is 11.5. The first kappa shape index (κ1) is 16.7. The summed E-state index contributed by atoms with van der Waals surface area (Å²) in [5, 5.41) is 2.72. The molecule has 0 saturated heterocycles. The Labute approximate surface area is 106 Å². The van der Waals surface area contributed by atoms with E-state index >= 15 is 0 Å². The van der Waals surface area contributed by atoms with Crippen molar-refractivity contribution in [3.63, 3.8) is 0 Å². The van der Waals surface area contributed by atoms with Crippen LogP contribution in [0.15, 0.2) is 0 Å². The van der Waals surface area contributed by atoms with Crippen molar-refractivity contribution in [1.82, 2.24) is 5.32 Å². The van der Waals surface area contributed by atoms with Crippen molar-refractivity contribution < 1.29 is 55.4 Å². The third-order valence-electron chi connectivity index (χ3n) is 1.03. The van der Waals surface area contributed by atoms with Gasteiger partial charge in [-0.2, -0.15) is 13.2 Å². The van der Waals surface area contributed by atoms with Crippen molar-refractivity contribution in [1.29, 1.82) is 0 Å².